The maximum absolute atomic E-state index is 10.4. The molecule has 0 aromatic carbocycles. The molecule has 0 fully saturated rings. The predicted octanol–water partition coefficient (Wildman–Crippen LogP) is 0.423. The van der Waals surface area contributed by atoms with Crippen LogP contribution in [0.1, 0.15) is 32.6 Å². The summed E-state index contributed by atoms with van der Waals surface area (Å²) in [4.78, 5) is 31.2. The van der Waals surface area contributed by atoms with Crippen LogP contribution in [-0.2, 0) is 9.13 Å². The average Bonchev–Trinajstić information content (AvgIpc) is 2.01. The molecule has 7 nitrogen and oxygen atoms in total. The van der Waals surface area contributed by atoms with Crippen LogP contribution >= 0.6 is 15.9 Å². The average molecular weight is 264 g/mol. The van der Waals surface area contributed by atoms with Crippen LogP contribution in [0.2, 0.25) is 0 Å². The zero-order chi connectivity index (χ0) is 12.5. The third-order valence-corrected chi connectivity index (χ3v) is 2.49. The van der Waals surface area contributed by atoms with Crippen molar-refractivity contribution in [3.63, 3.8) is 0 Å². The van der Waals surface area contributed by atoms with E-state index in [0.29, 0.717) is 6.42 Å². The van der Waals surface area contributed by atoms with Gasteiger partial charge >= 0.3 is 15.9 Å². The zero-order valence-corrected chi connectivity index (χ0v) is 10.3. The number of unbranched alkanes of at least 4 members (excludes halogenated alkanes) is 2. The van der Waals surface area contributed by atoms with E-state index in [9.17, 15) is 4.57 Å². The van der Waals surface area contributed by atoms with Gasteiger partial charge in [0, 0.05) is 0 Å². The zero-order valence-electron chi connectivity index (χ0n) is 8.41. The number of rotatable bonds is 5. The fourth-order valence-corrected chi connectivity index (χ4v) is 1.26. The van der Waals surface area contributed by atoms with Crippen LogP contribution < -0.4 is 0 Å². The minimum Gasteiger partial charge on any atom is -0.380 e. The molecule has 0 bridgehead atoms. The molecule has 0 radical (unpaired) electrons. The summed E-state index contributed by atoms with van der Waals surface area (Å²) < 4.78 is 19.1. The van der Waals surface area contributed by atoms with Gasteiger partial charge in [0.05, 0.1) is 0 Å². The highest BCUT2D eigenvalue weighted by atomic mass is 31.2. The highest BCUT2D eigenvalue weighted by molar-refractivity contribution is 7.52. The Bertz CT molecular complexity index is 210. The molecule has 0 aliphatic heterocycles. The molecule has 0 heterocycles. The lowest BCUT2D eigenvalue weighted by Crippen LogP contribution is -2.06. The van der Waals surface area contributed by atoms with Crippen molar-refractivity contribution in [1.29, 1.82) is 0 Å². The van der Waals surface area contributed by atoms with Crippen LogP contribution in [0.5, 0.6) is 0 Å². The van der Waals surface area contributed by atoms with Gasteiger partial charge in [-0.1, -0.05) is 26.2 Å². The van der Waals surface area contributed by atoms with E-state index in [-0.39, 0.29) is 6.42 Å². The second-order valence-electron chi connectivity index (χ2n) is 2.85. The van der Waals surface area contributed by atoms with Crippen LogP contribution in [0.3, 0.4) is 0 Å². The van der Waals surface area contributed by atoms with E-state index >= 15 is 0 Å². The summed E-state index contributed by atoms with van der Waals surface area (Å²) in [6, 6.07) is 0. The van der Waals surface area contributed by atoms with Gasteiger partial charge in [-0.2, -0.15) is 0 Å². The van der Waals surface area contributed by atoms with E-state index in [1.165, 1.54) is 0 Å². The van der Waals surface area contributed by atoms with E-state index in [2.05, 4.69) is 0 Å². The quantitative estimate of drug-likeness (QED) is 0.358. The summed E-state index contributed by atoms with van der Waals surface area (Å²) >= 11 is 0. The van der Waals surface area contributed by atoms with Gasteiger partial charge in [-0.25, -0.2) is 0 Å². The first-order chi connectivity index (χ1) is 6.71. The van der Waals surface area contributed by atoms with Gasteiger partial charge in [-0.15, -0.1) is 0 Å². The number of aliphatic hydroxyl groups is 1. The Morgan fingerprint density at radius 3 is 1.93 bits per heavy atom. The van der Waals surface area contributed by atoms with Crippen molar-refractivity contribution in [2.24, 2.45) is 0 Å². The van der Waals surface area contributed by atoms with Crippen molar-refractivity contribution < 1.29 is 33.8 Å². The van der Waals surface area contributed by atoms with Gasteiger partial charge in [-0.05, 0) is 6.42 Å². The highest BCUT2D eigenvalue weighted by Gasteiger charge is 2.24. The SMILES string of the molecule is CCCCCC(O)P(=O)(O)O.O=[PH](O)O. The van der Waals surface area contributed by atoms with Crippen molar-refractivity contribution in [3.8, 4) is 0 Å². The third kappa shape index (κ3) is 16.9. The molecule has 9 heteroatoms. The standard InChI is InChI=1S/C6H15O4P.H3O3P/c1-2-3-4-5-6(7)11(8,9)10;1-4(2)3/h6-7H,2-5H2,1H3,(H2,8,9,10);4H,(H2,1,2,3). The summed E-state index contributed by atoms with van der Waals surface area (Å²) in [7, 11) is -7.37. The van der Waals surface area contributed by atoms with E-state index in [1.807, 2.05) is 6.92 Å². The molecule has 1 atom stereocenters. The Morgan fingerprint density at radius 1 is 1.27 bits per heavy atom. The number of hydrogen-bond donors (Lipinski definition) is 5. The highest BCUT2D eigenvalue weighted by Crippen LogP contribution is 2.41. The summed E-state index contributed by atoms with van der Waals surface area (Å²) in [6.45, 7) is 1.99. The van der Waals surface area contributed by atoms with Gasteiger partial charge in [0.25, 0.3) is 0 Å². The summed E-state index contributed by atoms with van der Waals surface area (Å²) in [6.07, 6.45) is 2.74. The Labute approximate surface area is 88.9 Å². The summed E-state index contributed by atoms with van der Waals surface area (Å²) in [5.74, 6) is -1.46. The largest absolute Gasteiger partial charge is 0.380 e. The number of hydrogen-bond acceptors (Lipinski definition) is 3. The maximum Gasteiger partial charge on any atom is 0.353 e. The molecule has 0 spiro atoms. The lowest BCUT2D eigenvalue weighted by atomic mass is 10.2. The van der Waals surface area contributed by atoms with Gasteiger partial charge in [0.15, 0.2) is 5.85 Å². The normalized spacial score (nSPS) is 13.3. The Kier molecular flexibility index (Phi) is 11.2. The van der Waals surface area contributed by atoms with Crippen LogP contribution in [0.25, 0.3) is 0 Å². The van der Waals surface area contributed by atoms with Gasteiger partial charge < -0.3 is 24.7 Å². The lowest BCUT2D eigenvalue weighted by Gasteiger charge is -2.10. The molecule has 0 saturated heterocycles. The lowest BCUT2D eigenvalue weighted by molar-refractivity contribution is 0.190. The monoisotopic (exact) mass is 264 g/mol. The van der Waals surface area contributed by atoms with E-state index in [1.54, 1.807) is 0 Å². The van der Waals surface area contributed by atoms with Crippen molar-refractivity contribution in [2.45, 2.75) is 38.5 Å². The van der Waals surface area contributed by atoms with Crippen LogP contribution in [0.15, 0.2) is 0 Å². The topological polar surface area (TPSA) is 135 Å². The molecule has 94 valence electrons. The fraction of sp³-hybridized carbons (Fsp3) is 1.00. The molecule has 0 aromatic rings. The summed E-state index contributed by atoms with van der Waals surface area (Å²) in [5.41, 5.74) is 0. The smallest absolute Gasteiger partial charge is 0.353 e. The minimum atomic E-state index is -4.24. The first-order valence-corrected chi connectivity index (χ1v) is 7.35. The molecule has 0 aliphatic rings. The second-order valence-corrected chi connectivity index (χ2v) is 5.19. The van der Waals surface area contributed by atoms with Gasteiger partial charge in [0.1, 0.15) is 0 Å². The molecule has 0 aromatic heterocycles. The molecule has 0 amide bonds. The van der Waals surface area contributed by atoms with Crippen molar-refractivity contribution in [2.75, 3.05) is 0 Å². The van der Waals surface area contributed by atoms with Crippen LogP contribution in [0.4, 0.5) is 0 Å². The maximum atomic E-state index is 10.4. The molecule has 0 aliphatic carbocycles. The molecule has 0 rings (SSSR count). The molecule has 0 saturated carbocycles. The Morgan fingerprint density at radius 2 is 1.67 bits per heavy atom. The minimum absolute atomic E-state index is 0.193. The molecular weight excluding hydrogens is 246 g/mol. The van der Waals surface area contributed by atoms with Crippen molar-refractivity contribution in [3.05, 3.63) is 0 Å². The van der Waals surface area contributed by atoms with Gasteiger partial charge in [0.2, 0.25) is 0 Å². The summed E-state index contributed by atoms with van der Waals surface area (Å²) in [5, 5.41) is 8.85. The third-order valence-electron chi connectivity index (χ3n) is 1.45. The molecule has 15 heavy (non-hydrogen) atoms. The van der Waals surface area contributed by atoms with Crippen LogP contribution in [0, 0.1) is 0 Å². The first kappa shape index (κ1) is 17.6. The van der Waals surface area contributed by atoms with Crippen LogP contribution in [-0.4, -0.2) is 30.5 Å². The first-order valence-electron chi connectivity index (χ1n) is 4.37. The number of aliphatic hydroxyl groups excluding tert-OH is 1. The fourth-order valence-electron chi connectivity index (χ4n) is 0.745. The molecule has 1 unspecified atom stereocenters. The van der Waals surface area contributed by atoms with Crippen molar-refractivity contribution in [1.82, 2.24) is 0 Å². The van der Waals surface area contributed by atoms with E-state index in [0.717, 1.165) is 12.8 Å². The molecular formula is C6H18O7P2. The molecule has 5 N–H and O–H groups in total. The Balaban J connectivity index is 0. The van der Waals surface area contributed by atoms with Gasteiger partial charge in [-0.3, -0.25) is 9.13 Å². The predicted molar refractivity (Wildman–Crippen MR) is 55.6 cm³/mol. The van der Waals surface area contributed by atoms with E-state index in [4.69, 9.17) is 29.2 Å². The second kappa shape index (κ2) is 9.48. The van der Waals surface area contributed by atoms with Crippen molar-refractivity contribution >= 4 is 15.9 Å². The Hall–Kier alpha value is 0.260. The van der Waals surface area contributed by atoms with E-state index < -0.39 is 21.7 Å².